The number of nitrogens with zero attached hydrogens (tertiary/aromatic N) is 4. The van der Waals surface area contributed by atoms with E-state index in [1.807, 2.05) is 37.8 Å². The highest BCUT2D eigenvalue weighted by atomic mass is 32.2. The summed E-state index contributed by atoms with van der Waals surface area (Å²) < 4.78 is 29.2. The number of sulfonamides is 1. The highest BCUT2D eigenvalue weighted by Gasteiger charge is 2.21. The largest absolute Gasteiger partial charge is 0.478 e. The van der Waals surface area contributed by atoms with Crippen LogP contribution in [0.4, 0.5) is 11.5 Å². The van der Waals surface area contributed by atoms with Crippen LogP contribution >= 0.6 is 0 Å². The SMILES string of the molecule is COc1nc(C)cnc1N(c1ccc(-c2ncccc2S(N)(=O)=O)cc1)C(C)C. The van der Waals surface area contributed by atoms with E-state index in [0.717, 1.165) is 11.4 Å². The Morgan fingerprint density at radius 3 is 2.38 bits per heavy atom. The molecule has 0 atom stereocenters. The Labute approximate surface area is 170 Å². The topological polar surface area (TPSA) is 111 Å². The molecular weight excluding hydrogens is 390 g/mol. The van der Waals surface area contributed by atoms with Crippen LogP contribution in [-0.2, 0) is 10.0 Å². The number of hydrogen-bond acceptors (Lipinski definition) is 7. The maximum Gasteiger partial charge on any atom is 0.257 e. The van der Waals surface area contributed by atoms with Gasteiger partial charge >= 0.3 is 0 Å². The molecule has 2 heterocycles. The predicted molar refractivity (Wildman–Crippen MR) is 112 cm³/mol. The fraction of sp³-hybridized carbons (Fsp3) is 0.250. The highest BCUT2D eigenvalue weighted by molar-refractivity contribution is 7.89. The third kappa shape index (κ3) is 4.36. The summed E-state index contributed by atoms with van der Waals surface area (Å²) in [4.78, 5) is 15.1. The van der Waals surface area contributed by atoms with E-state index in [4.69, 9.17) is 9.88 Å². The van der Waals surface area contributed by atoms with Gasteiger partial charge in [-0.25, -0.2) is 23.5 Å². The zero-order chi connectivity index (χ0) is 21.2. The number of aromatic nitrogens is 3. The third-order valence-electron chi connectivity index (χ3n) is 4.28. The highest BCUT2D eigenvalue weighted by Crippen LogP contribution is 2.34. The van der Waals surface area contributed by atoms with Gasteiger partial charge in [0.25, 0.3) is 5.88 Å². The summed E-state index contributed by atoms with van der Waals surface area (Å²) >= 11 is 0. The number of benzene rings is 1. The zero-order valence-electron chi connectivity index (χ0n) is 16.7. The van der Waals surface area contributed by atoms with Crippen molar-refractivity contribution >= 4 is 21.5 Å². The predicted octanol–water partition coefficient (Wildman–Crippen LogP) is 3.05. The molecule has 3 rings (SSSR count). The van der Waals surface area contributed by atoms with E-state index in [9.17, 15) is 8.42 Å². The van der Waals surface area contributed by atoms with E-state index < -0.39 is 10.0 Å². The van der Waals surface area contributed by atoms with Gasteiger partial charge in [0.05, 0.1) is 24.7 Å². The van der Waals surface area contributed by atoms with Crippen LogP contribution in [0.2, 0.25) is 0 Å². The number of nitrogens with two attached hydrogens (primary N) is 1. The normalized spacial score (nSPS) is 11.5. The van der Waals surface area contributed by atoms with E-state index >= 15 is 0 Å². The number of primary sulfonamides is 1. The van der Waals surface area contributed by atoms with Crippen LogP contribution in [0.15, 0.2) is 53.7 Å². The monoisotopic (exact) mass is 413 g/mol. The molecule has 0 aliphatic heterocycles. The van der Waals surface area contributed by atoms with Crippen molar-refractivity contribution in [2.24, 2.45) is 5.14 Å². The molecule has 8 nitrogen and oxygen atoms in total. The molecule has 0 amide bonds. The maximum absolute atomic E-state index is 11.9. The first kappa shape index (κ1) is 20.7. The summed E-state index contributed by atoms with van der Waals surface area (Å²) in [6.45, 7) is 5.92. The number of hydrogen-bond donors (Lipinski definition) is 1. The van der Waals surface area contributed by atoms with Gasteiger partial charge in [0.15, 0.2) is 5.82 Å². The van der Waals surface area contributed by atoms with E-state index in [1.54, 1.807) is 31.5 Å². The minimum atomic E-state index is -3.89. The van der Waals surface area contributed by atoms with E-state index in [-0.39, 0.29) is 10.9 Å². The van der Waals surface area contributed by atoms with Crippen molar-refractivity contribution in [3.05, 3.63) is 54.5 Å². The lowest BCUT2D eigenvalue weighted by atomic mass is 10.1. The molecule has 0 bridgehead atoms. The molecule has 0 radical (unpaired) electrons. The number of ether oxygens (including phenoxy) is 1. The molecule has 0 aliphatic rings. The molecule has 2 N–H and O–H groups in total. The average molecular weight is 414 g/mol. The van der Waals surface area contributed by atoms with Gasteiger partial charge in [-0.05, 0) is 45.0 Å². The van der Waals surface area contributed by atoms with Gasteiger partial charge in [-0.15, -0.1) is 0 Å². The maximum atomic E-state index is 11.9. The molecule has 1 aromatic carbocycles. The molecule has 0 saturated heterocycles. The number of anilines is 2. The second-order valence-electron chi connectivity index (χ2n) is 6.75. The molecule has 0 spiro atoms. The fourth-order valence-electron chi connectivity index (χ4n) is 3.03. The summed E-state index contributed by atoms with van der Waals surface area (Å²) in [7, 11) is -2.33. The van der Waals surface area contributed by atoms with Crippen molar-refractivity contribution in [3.63, 3.8) is 0 Å². The van der Waals surface area contributed by atoms with Gasteiger partial charge in [0.1, 0.15) is 4.90 Å². The second kappa shape index (κ2) is 8.14. The molecule has 3 aromatic rings. The number of methoxy groups -OCH3 is 1. The third-order valence-corrected chi connectivity index (χ3v) is 5.22. The van der Waals surface area contributed by atoms with Crippen molar-refractivity contribution in [3.8, 4) is 17.1 Å². The van der Waals surface area contributed by atoms with Crippen molar-refractivity contribution in [2.75, 3.05) is 12.0 Å². The van der Waals surface area contributed by atoms with Gasteiger partial charge in [0.2, 0.25) is 10.0 Å². The second-order valence-corrected chi connectivity index (χ2v) is 8.28. The lowest BCUT2D eigenvalue weighted by Crippen LogP contribution is -2.27. The summed E-state index contributed by atoms with van der Waals surface area (Å²) in [6, 6.07) is 10.4. The van der Waals surface area contributed by atoms with Crippen molar-refractivity contribution in [2.45, 2.75) is 31.7 Å². The van der Waals surface area contributed by atoms with E-state index in [0.29, 0.717) is 23.0 Å². The average Bonchev–Trinajstić information content (AvgIpc) is 2.69. The van der Waals surface area contributed by atoms with Crippen LogP contribution in [0.1, 0.15) is 19.5 Å². The van der Waals surface area contributed by atoms with Crippen LogP contribution < -0.4 is 14.8 Å². The first-order chi connectivity index (χ1) is 13.7. The first-order valence-corrected chi connectivity index (χ1v) is 10.5. The quantitative estimate of drug-likeness (QED) is 0.661. The fourth-order valence-corrected chi connectivity index (χ4v) is 3.74. The number of pyridine rings is 1. The van der Waals surface area contributed by atoms with Crippen molar-refractivity contribution < 1.29 is 13.2 Å². The lowest BCUT2D eigenvalue weighted by molar-refractivity contribution is 0.394. The standard InChI is InChI=1S/C20H23N5O3S/c1-13(2)25(19-20(28-4)24-14(3)12-23-19)16-9-7-15(8-10-16)18-17(29(21,26)27)6-5-11-22-18/h5-13H,1-4H3,(H2,21,26,27). The summed E-state index contributed by atoms with van der Waals surface area (Å²) in [5.74, 6) is 1.04. The summed E-state index contributed by atoms with van der Waals surface area (Å²) in [6.07, 6.45) is 3.22. The Bertz CT molecular complexity index is 1120. The Morgan fingerprint density at radius 1 is 1.10 bits per heavy atom. The van der Waals surface area contributed by atoms with Crippen LogP contribution in [0.3, 0.4) is 0 Å². The Morgan fingerprint density at radius 2 is 1.79 bits per heavy atom. The molecule has 0 saturated carbocycles. The molecule has 0 aliphatic carbocycles. The van der Waals surface area contributed by atoms with Gasteiger partial charge < -0.3 is 9.64 Å². The van der Waals surface area contributed by atoms with Gasteiger partial charge in [-0.3, -0.25) is 4.98 Å². The molecule has 9 heteroatoms. The molecule has 152 valence electrons. The van der Waals surface area contributed by atoms with Crippen LogP contribution in [0.25, 0.3) is 11.3 Å². The molecular formula is C20H23N5O3S. The first-order valence-electron chi connectivity index (χ1n) is 8.97. The summed E-state index contributed by atoms with van der Waals surface area (Å²) in [5.41, 5.74) is 2.57. The smallest absolute Gasteiger partial charge is 0.257 e. The van der Waals surface area contributed by atoms with Gasteiger partial charge in [0, 0.05) is 23.5 Å². The minimum Gasteiger partial charge on any atom is -0.478 e. The van der Waals surface area contributed by atoms with Gasteiger partial charge in [-0.1, -0.05) is 12.1 Å². The minimum absolute atomic E-state index is 0.0143. The number of aryl methyl sites for hydroxylation is 1. The molecule has 29 heavy (non-hydrogen) atoms. The zero-order valence-corrected chi connectivity index (χ0v) is 17.5. The van der Waals surface area contributed by atoms with Gasteiger partial charge in [-0.2, -0.15) is 0 Å². The molecule has 2 aromatic heterocycles. The summed E-state index contributed by atoms with van der Waals surface area (Å²) in [5, 5.41) is 5.33. The van der Waals surface area contributed by atoms with Crippen LogP contribution in [0, 0.1) is 6.92 Å². The van der Waals surface area contributed by atoms with Crippen LogP contribution in [0.5, 0.6) is 5.88 Å². The van der Waals surface area contributed by atoms with Crippen LogP contribution in [-0.4, -0.2) is 36.5 Å². The van der Waals surface area contributed by atoms with Crippen molar-refractivity contribution in [1.29, 1.82) is 0 Å². The Balaban J connectivity index is 2.06. The molecule has 0 fully saturated rings. The van der Waals surface area contributed by atoms with E-state index in [1.165, 1.54) is 12.3 Å². The van der Waals surface area contributed by atoms with Crippen molar-refractivity contribution in [1.82, 2.24) is 15.0 Å². The lowest BCUT2D eigenvalue weighted by Gasteiger charge is -2.29. The number of rotatable bonds is 6. The Kier molecular flexibility index (Phi) is 5.81. The molecule has 0 unspecified atom stereocenters. The Hall–Kier alpha value is -3.04. The van der Waals surface area contributed by atoms with E-state index in [2.05, 4.69) is 15.0 Å².